The molecule has 2 rings (SSSR count). The van der Waals surface area contributed by atoms with Crippen LogP contribution >= 0.6 is 27.5 Å². The van der Waals surface area contributed by atoms with Crippen LogP contribution < -0.4 is 0 Å². The molecule has 0 aromatic heterocycles. The summed E-state index contributed by atoms with van der Waals surface area (Å²) in [5.74, 6) is -0.00398. The van der Waals surface area contributed by atoms with Crippen LogP contribution in [0.3, 0.4) is 0 Å². The normalized spacial score (nSPS) is 10.4. The number of ketones is 1. The third-order valence-corrected chi connectivity index (χ3v) is 3.43. The maximum Gasteiger partial charge on any atom is 0.193 e. The Morgan fingerprint density at radius 1 is 1.11 bits per heavy atom. The molecule has 0 saturated carbocycles. The van der Waals surface area contributed by atoms with Gasteiger partial charge in [-0.15, -0.1) is 0 Å². The smallest absolute Gasteiger partial charge is 0.193 e. The van der Waals surface area contributed by atoms with E-state index in [9.17, 15) is 4.79 Å². The van der Waals surface area contributed by atoms with Gasteiger partial charge in [-0.25, -0.2) is 0 Å². The van der Waals surface area contributed by atoms with Gasteiger partial charge in [-0.05, 0) is 37.6 Å². The quantitative estimate of drug-likeness (QED) is 0.715. The molecule has 0 aliphatic heterocycles. The summed E-state index contributed by atoms with van der Waals surface area (Å²) in [5, 5.41) is 0.553. The summed E-state index contributed by atoms with van der Waals surface area (Å²) in [4.78, 5) is 12.4. The maximum atomic E-state index is 12.4. The molecule has 1 nitrogen and oxygen atoms in total. The van der Waals surface area contributed by atoms with E-state index in [1.54, 1.807) is 18.2 Å². The van der Waals surface area contributed by atoms with E-state index in [1.807, 2.05) is 32.0 Å². The summed E-state index contributed by atoms with van der Waals surface area (Å²) in [5.41, 5.74) is 3.45. The zero-order valence-corrected chi connectivity index (χ0v) is 12.5. The number of benzene rings is 2. The topological polar surface area (TPSA) is 17.1 Å². The summed E-state index contributed by atoms with van der Waals surface area (Å²) in [7, 11) is 0. The van der Waals surface area contributed by atoms with Gasteiger partial charge in [0.25, 0.3) is 0 Å². The molecule has 92 valence electrons. The fourth-order valence-corrected chi connectivity index (χ4v) is 2.77. The van der Waals surface area contributed by atoms with Crippen molar-refractivity contribution in [2.24, 2.45) is 0 Å². The lowest BCUT2D eigenvalue weighted by Gasteiger charge is -2.07. The van der Waals surface area contributed by atoms with Crippen LogP contribution in [0, 0.1) is 13.8 Å². The molecule has 2 aromatic carbocycles. The predicted molar refractivity (Wildman–Crippen MR) is 78.5 cm³/mol. The fraction of sp³-hybridized carbons (Fsp3) is 0.133. The molecule has 2 aromatic rings. The third-order valence-electron chi connectivity index (χ3n) is 2.75. The standard InChI is InChI=1S/C15H12BrClO/c1-9-3-4-14(10(2)5-9)15(18)11-6-12(16)8-13(17)7-11/h3-8H,1-2H3. The second kappa shape index (κ2) is 5.25. The Hall–Kier alpha value is -1.12. The first-order valence-corrected chi connectivity index (χ1v) is 6.72. The molecule has 3 heteroatoms. The van der Waals surface area contributed by atoms with Crippen LogP contribution in [-0.2, 0) is 0 Å². The van der Waals surface area contributed by atoms with Crippen LogP contribution in [0.25, 0.3) is 0 Å². The van der Waals surface area contributed by atoms with E-state index in [0.717, 1.165) is 21.2 Å². The zero-order valence-electron chi connectivity index (χ0n) is 10.1. The summed E-state index contributed by atoms with van der Waals surface area (Å²) < 4.78 is 0.808. The minimum Gasteiger partial charge on any atom is -0.289 e. The van der Waals surface area contributed by atoms with Gasteiger partial charge in [0.1, 0.15) is 0 Å². The Labute approximate surface area is 120 Å². The first-order chi connectivity index (χ1) is 8.47. The lowest BCUT2D eigenvalue weighted by atomic mass is 9.98. The van der Waals surface area contributed by atoms with E-state index >= 15 is 0 Å². The summed E-state index contributed by atoms with van der Waals surface area (Å²) in [6.07, 6.45) is 0. The van der Waals surface area contributed by atoms with Gasteiger partial charge in [0.05, 0.1) is 0 Å². The Bertz CT molecular complexity index is 600. The van der Waals surface area contributed by atoms with Gasteiger partial charge < -0.3 is 0 Å². The number of aryl methyl sites for hydroxylation is 2. The third kappa shape index (κ3) is 2.82. The molecule has 0 aliphatic rings. The molecule has 0 atom stereocenters. The van der Waals surface area contributed by atoms with Crippen molar-refractivity contribution in [3.05, 3.63) is 68.1 Å². The Morgan fingerprint density at radius 2 is 1.83 bits per heavy atom. The van der Waals surface area contributed by atoms with Crippen molar-refractivity contribution in [2.75, 3.05) is 0 Å². The number of rotatable bonds is 2. The fourth-order valence-electron chi connectivity index (χ4n) is 1.91. The molecule has 0 fully saturated rings. The summed E-state index contributed by atoms with van der Waals surface area (Å²) in [6.45, 7) is 3.96. The van der Waals surface area contributed by atoms with Crippen LogP contribution in [0.1, 0.15) is 27.0 Å². The molecular weight excluding hydrogens is 312 g/mol. The van der Waals surface area contributed by atoms with E-state index in [0.29, 0.717) is 10.6 Å². The highest BCUT2D eigenvalue weighted by Crippen LogP contribution is 2.23. The minimum atomic E-state index is -0.00398. The van der Waals surface area contributed by atoms with Crippen molar-refractivity contribution < 1.29 is 4.79 Å². The largest absolute Gasteiger partial charge is 0.289 e. The molecule has 0 amide bonds. The second-order valence-corrected chi connectivity index (χ2v) is 5.66. The average Bonchev–Trinajstić information content (AvgIpc) is 2.26. The van der Waals surface area contributed by atoms with Crippen molar-refractivity contribution in [3.63, 3.8) is 0 Å². The van der Waals surface area contributed by atoms with Crippen molar-refractivity contribution in [3.8, 4) is 0 Å². The van der Waals surface area contributed by atoms with Gasteiger partial charge in [0.15, 0.2) is 5.78 Å². The Morgan fingerprint density at radius 3 is 2.44 bits per heavy atom. The van der Waals surface area contributed by atoms with E-state index in [-0.39, 0.29) is 5.78 Å². The van der Waals surface area contributed by atoms with Crippen molar-refractivity contribution in [2.45, 2.75) is 13.8 Å². The molecular formula is C15H12BrClO. The monoisotopic (exact) mass is 322 g/mol. The molecule has 0 spiro atoms. The molecule has 0 radical (unpaired) electrons. The summed E-state index contributed by atoms with van der Waals surface area (Å²) in [6, 6.07) is 11.1. The van der Waals surface area contributed by atoms with Gasteiger partial charge in [-0.1, -0.05) is 51.3 Å². The average molecular weight is 324 g/mol. The van der Waals surface area contributed by atoms with E-state index in [1.165, 1.54) is 0 Å². The van der Waals surface area contributed by atoms with Crippen molar-refractivity contribution in [1.29, 1.82) is 0 Å². The number of hydrogen-bond donors (Lipinski definition) is 0. The van der Waals surface area contributed by atoms with E-state index in [2.05, 4.69) is 15.9 Å². The van der Waals surface area contributed by atoms with Crippen molar-refractivity contribution >= 4 is 33.3 Å². The number of hydrogen-bond acceptors (Lipinski definition) is 1. The number of carbonyl (C=O) groups excluding carboxylic acids is 1. The van der Waals surface area contributed by atoms with Crippen LogP contribution in [0.4, 0.5) is 0 Å². The highest BCUT2D eigenvalue weighted by molar-refractivity contribution is 9.10. The predicted octanol–water partition coefficient (Wildman–Crippen LogP) is 4.95. The second-order valence-electron chi connectivity index (χ2n) is 4.31. The van der Waals surface area contributed by atoms with Gasteiger partial charge in [-0.2, -0.15) is 0 Å². The van der Waals surface area contributed by atoms with Gasteiger partial charge in [0, 0.05) is 20.6 Å². The molecule has 0 unspecified atom stereocenters. The lowest BCUT2D eigenvalue weighted by molar-refractivity contribution is 0.103. The maximum absolute atomic E-state index is 12.4. The van der Waals surface area contributed by atoms with E-state index in [4.69, 9.17) is 11.6 Å². The lowest BCUT2D eigenvalue weighted by Crippen LogP contribution is -2.04. The minimum absolute atomic E-state index is 0.00398. The molecule has 0 N–H and O–H groups in total. The number of carbonyl (C=O) groups is 1. The van der Waals surface area contributed by atoms with Gasteiger partial charge in [0.2, 0.25) is 0 Å². The SMILES string of the molecule is Cc1ccc(C(=O)c2cc(Cl)cc(Br)c2)c(C)c1. The van der Waals surface area contributed by atoms with Gasteiger partial charge >= 0.3 is 0 Å². The molecule has 0 heterocycles. The molecule has 0 bridgehead atoms. The zero-order chi connectivity index (χ0) is 13.3. The molecule has 0 aliphatic carbocycles. The Kier molecular flexibility index (Phi) is 3.88. The summed E-state index contributed by atoms with van der Waals surface area (Å²) >= 11 is 9.31. The Balaban J connectivity index is 2.47. The molecule has 18 heavy (non-hydrogen) atoms. The number of halogens is 2. The van der Waals surface area contributed by atoms with E-state index < -0.39 is 0 Å². The van der Waals surface area contributed by atoms with Crippen LogP contribution in [0.5, 0.6) is 0 Å². The van der Waals surface area contributed by atoms with Crippen LogP contribution in [0.2, 0.25) is 5.02 Å². The van der Waals surface area contributed by atoms with Crippen molar-refractivity contribution in [1.82, 2.24) is 0 Å². The highest BCUT2D eigenvalue weighted by Gasteiger charge is 2.12. The van der Waals surface area contributed by atoms with Crippen LogP contribution in [0.15, 0.2) is 40.9 Å². The highest BCUT2D eigenvalue weighted by atomic mass is 79.9. The van der Waals surface area contributed by atoms with Crippen LogP contribution in [-0.4, -0.2) is 5.78 Å². The van der Waals surface area contributed by atoms with Gasteiger partial charge in [-0.3, -0.25) is 4.79 Å². The first-order valence-electron chi connectivity index (χ1n) is 5.55. The molecule has 0 saturated heterocycles. The first kappa shape index (κ1) is 13.3.